The average molecular weight is 570 g/mol. The molecule has 0 radical (unpaired) electrons. The minimum Gasteiger partial charge on any atom is -0.493 e. The number of hydrogen-bond acceptors (Lipinski definition) is 5. The molecular weight excluding hydrogens is 538 g/mol. The third kappa shape index (κ3) is 4.63. The van der Waals surface area contributed by atoms with Gasteiger partial charge in [0.1, 0.15) is 5.82 Å². The summed E-state index contributed by atoms with van der Waals surface area (Å²) in [6.07, 6.45) is 0.953. The Morgan fingerprint density at radius 2 is 1.37 bits per heavy atom. The molecule has 0 saturated carbocycles. The zero-order valence-electron chi connectivity index (χ0n) is 24.0. The van der Waals surface area contributed by atoms with E-state index in [4.69, 9.17) is 9.47 Å². The predicted molar refractivity (Wildman–Crippen MR) is 167 cm³/mol. The van der Waals surface area contributed by atoms with Crippen LogP contribution in [0.15, 0.2) is 119 Å². The molecule has 0 saturated heterocycles. The zero-order valence-corrected chi connectivity index (χ0v) is 24.0. The maximum absolute atomic E-state index is 14.1. The minimum atomic E-state index is -0.497. The first-order valence-corrected chi connectivity index (χ1v) is 14.4. The number of ketones is 1. The number of aromatic nitrogens is 2. The quantitative estimate of drug-likeness (QED) is 0.235. The highest BCUT2D eigenvalue weighted by Gasteiger charge is 2.41. The summed E-state index contributed by atoms with van der Waals surface area (Å²) >= 11 is 0. The first-order chi connectivity index (χ1) is 21.1. The Labute approximate surface area is 249 Å². The molecule has 7 nitrogen and oxygen atoms in total. The number of para-hydroxylation sites is 1. The van der Waals surface area contributed by atoms with Crippen LogP contribution in [-0.2, 0) is 4.79 Å². The number of benzene rings is 4. The number of hydrogen-bond donors (Lipinski definition) is 2. The van der Waals surface area contributed by atoms with Crippen LogP contribution >= 0.6 is 0 Å². The van der Waals surface area contributed by atoms with Crippen LogP contribution in [0, 0.1) is 0 Å². The molecule has 2 N–H and O–H groups in total. The minimum absolute atomic E-state index is 0.0307. The second-order valence-corrected chi connectivity index (χ2v) is 11.0. The van der Waals surface area contributed by atoms with E-state index < -0.39 is 5.92 Å². The summed E-state index contributed by atoms with van der Waals surface area (Å²) < 4.78 is 12.5. The van der Waals surface area contributed by atoms with Gasteiger partial charge in [0.2, 0.25) is 0 Å². The highest BCUT2D eigenvalue weighted by atomic mass is 16.5. The molecule has 0 unspecified atom stereocenters. The van der Waals surface area contributed by atoms with Gasteiger partial charge in [-0.3, -0.25) is 14.7 Å². The smallest absolute Gasteiger partial charge is 0.277 e. The Kier molecular flexibility index (Phi) is 6.70. The first kappa shape index (κ1) is 26.6. The van der Waals surface area contributed by atoms with Crippen LogP contribution in [-0.4, -0.2) is 29.8 Å². The summed E-state index contributed by atoms with van der Waals surface area (Å²) in [6, 6.07) is 33.7. The largest absolute Gasteiger partial charge is 0.493 e. The van der Waals surface area contributed by atoms with Gasteiger partial charge in [-0.05, 0) is 58.9 Å². The van der Waals surface area contributed by atoms with E-state index in [0.29, 0.717) is 41.3 Å². The van der Waals surface area contributed by atoms with Crippen LogP contribution < -0.4 is 20.3 Å². The summed E-state index contributed by atoms with van der Waals surface area (Å²) in [7, 11) is 3.22. The topological polar surface area (TPSA) is 85.4 Å². The molecular formula is C36H31N3O4. The van der Waals surface area contributed by atoms with Gasteiger partial charge in [-0.25, -0.2) is 4.68 Å². The molecule has 0 fully saturated rings. The fourth-order valence-electron chi connectivity index (χ4n) is 6.43. The number of carbonyl (C=O) groups is 1. The van der Waals surface area contributed by atoms with Crippen molar-refractivity contribution in [2.24, 2.45) is 0 Å². The fraction of sp³-hybridized carbons (Fsp3) is 0.167. The molecule has 7 rings (SSSR count). The highest BCUT2D eigenvalue weighted by molar-refractivity contribution is 6.01. The second kappa shape index (κ2) is 10.8. The number of allylic oxidation sites excluding steroid dienone is 2. The van der Waals surface area contributed by atoms with Gasteiger partial charge >= 0.3 is 0 Å². The average Bonchev–Trinajstić information content (AvgIpc) is 3.39. The Hall–Kier alpha value is -5.30. The number of aromatic amines is 1. The maximum Gasteiger partial charge on any atom is 0.277 e. The Bertz CT molecular complexity index is 1900. The molecule has 1 aliphatic heterocycles. The lowest BCUT2D eigenvalue weighted by molar-refractivity contribution is -0.116. The van der Waals surface area contributed by atoms with Gasteiger partial charge in [0, 0.05) is 23.6 Å². The van der Waals surface area contributed by atoms with Gasteiger partial charge < -0.3 is 14.8 Å². The van der Waals surface area contributed by atoms with Crippen LogP contribution in [0.2, 0.25) is 0 Å². The molecule has 1 aromatic heterocycles. The zero-order chi connectivity index (χ0) is 29.5. The lowest BCUT2D eigenvalue weighted by Gasteiger charge is -2.34. The number of nitrogens with one attached hydrogen (secondary N) is 2. The molecule has 0 spiro atoms. The number of methoxy groups -OCH3 is 2. The van der Waals surface area contributed by atoms with Gasteiger partial charge in [0.25, 0.3) is 5.56 Å². The normalized spacial score (nSPS) is 17.6. The van der Waals surface area contributed by atoms with Crippen molar-refractivity contribution >= 4 is 11.6 Å². The summed E-state index contributed by atoms with van der Waals surface area (Å²) in [5.74, 6) is 1.38. The van der Waals surface area contributed by atoms with Crippen molar-refractivity contribution in [3.8, 4) is 28.3 Å². The van der Waals surface area contributed by atoms with E-state index in [1.54, 1.807) is 18.9 Å². The Morgan fingerprint density at radius 1 is 0.721 bits per heavy atom. The van der Waals surface area contributed by atoms with Gasteiger partial charge in [-0.15, -0.1) is 0 Å². The lowest BCUT2D eigenvalue weighted by Crippen LogP contribution is -2.32. The molecule has 2 aliphatic rings. The summed E-state index contributed by atoms with van der Waals surface area (Å²) in [5, 5.41) is 6.78. The molecule has 43 heavy (non-hydrogen) atoms. The van der Waals surface area contributed by atoms with Gasteiger partial charge in [-0.2, -0.15) is 0 Å². The Balaban J connectivity index is 1.34. The van der Waals surface area contributed by atoms with Crippen molar-refractivity contribution in [2.75, 3.05) is 19.5 Å². The van der Waals surface area contributed by atoms with Crippen LogP contribution in [0.5, 0.6) is 11.5 Å². The number of H-pyrrole nitrogens is 1. The van der Waals surface area contributed by atoms with E-state index in [2.05, 4.69) is 34.7 Å². The summed E-state index contributed by atoms with van der Waals surface area (Å²) in [5.41, 5.74) is 6.70. The van der Waals surface area contributed by atoms with E-state index in [0.717, 1.165) is 33.6 Å². The van der Waals surface area contributed by atoms with Crippen molar-refractivity contribution in [1.82, 2.24) is 9.78 Å². The third-order valence-electron chi connectivity index (χ3n) is 8.53. The van der Waals surface area contributed by atoms with Crippen LogP contribution in [0.3, 0.4) is 0 Å². The molecule has 1 aliphatic carbocycles. The second-order valence-electron chi connectivity index (χ2n) is 11.0. The first-order valence-electron chi connectivity index (χ1n) is 14.4. The molecule has 5 aromatic rings. The van der Waals surface area contributed by atoms with E-state index in [1.807, 2.05) is 78.9 Å². The standard InChI is InChI=1S/C36H31N3O4/c1-42-30-18-17-25(21-31(30)43-2)26-19-28-33(29(40)20-26)32(24-15-13-23(14-16-24)22-9-5-3-6-10-22)34-35(37-28)38-39(36(34)41)27-11-7-4-8-12-27/h3-18,21,26,32,37-38H,19-20H2,1-2H3/t26-,32-/m0/s1. The fourth-order valence-corrected chi connectivity index (χ4v) is 6.43. The molecule has 4 aromatic carbocycles. The van der Waals surface area contributed by atoms with E-state index >= 15 is 0 Å². The van der Waals surface area contributed by atoms with Crippen LogP contribution in [0.4, 0.5) is 5.82 Å². The maximum atomic E-state index is 14.1. The van der Waals surface area contributed by atoms with Gasteiger partial charge in [0.05, 0.1) is 25.5 Å². The van der Waals surface area contributed by atoms with Crippen molar-refractivity contribution in [3.63, 3.8) is 0 Å². The molecule has 2 atom stereocenters. The van der Waals surface area contributed by atoms with Crippen LogP contribution in [0.25, 0.3) is 16.8 Å². The lowest BCUT2D eigenvalue weighted by atomic mass is 9.72. The molecule has 7 heteroatoms. The van der Waals surface area contributed by atoms with E-state index in [-0.39, 0.29) is 17.3 Å². The number of carbonyl (C=O) groups excluding carboxylic acids is 1. The van der Waals surface area contributed by atoms with Crippen molar-refractivity contribution < 1.29 is 14.3 Å². The van der Waals surface area contributed by atoms with Crippen LogP contribution in [0.1, 0.15) is 41.4 Å². The molecule has 214 valence electrons. The Morgan fingerprint density at radius 3 is 2.07 bits per heavy atom. The summed E-state index contributed by atoms with van der Waals surface area (Å²) in [4.78, 5) is 28.1. The summed E-state index contributed by atoms with van der Waals surface area (Å²) in [6.45, 7) is 0. The number of anilines is 1. The molecule has 0 amide bonds. The number of fused-ring (bicyclic) bond motifs is 1. The highest BCUT2D eigenvalue weighted by Crippen LogP contribution is 2.47. The third-order valence-corrected chi connectivity index (χ3v) is 8.53. The van der Waals surface area contributed by atoms with Crippen molar-refractivity contribution in [1.29, 1.82) is 0 Å². The molecule has 2 heterocycles. The number of nitrogens with zero attached hydrogens (tertiary/aromatic N) is 1. The molecule has 0 bridgehead atoms. The van der Waals surface area contributed by atoms with E-state index in [9.17, 15) is 9.59 Å². The van der Waals surface area contributed by atoms with E-state index in [1.165, 1.54) is 0 Å². The van der Waals surface area contributed by atoms with Gasteiger partial charge in [0.15, 0.2) is 17.3 Å². The number of ether oxygens (including phenoxy) is 2. The van der Waals surface area contributed by atoms with Crippen molar-refractivity contribution in [3.05, 3.63) is 141 Å². The number of Topliss-reactive ketones (excluding diaryl/α,β-unsaturated/α-hetero) is 1. The van der Waals surface area contributed by atoms with Crippen molar-refractivity contribution in [2.45, 2.75) is 24.7 Å². The predicted octanol–water partition coefficient (Wildman–Crippen LogP) is 6.81. The monoisotopic (exact) mass is 569 g/mol. The number of rotatable bonds is 6. The van der Waals surface area contributed by atoms with Gasteiger partial charge in [-0.1, -0.05) is 78.9 Å². The SMILES string of the molecule is COc1ccc([C@@H]2CC(=O)C3=C(C2)Nc2[nH]n(-c4ccccc4)c(=O)c2[C@H]3c2ccc(-c3ccccc3)cc2)cc1OC.